The molecule has 2 N–H and O–H groups in total. The van der Waals surface area contributed by atoms with Gasteiger partial charge < -0.3 is 15.2 Å². The number of hydrogen-bond donors (Lipinski definition) is 2. The largest absolute Gasteiger partial charge is 0.357 e. The van der Waals surface area contributed by atoms with E-state index in [-0.39, 0.29) is 29.8 Å². The van der Waals surface area contributed by atoms with Crippen LogP contribution in [0.4, 0.5) is 4.39 Å². The number of aryl methyl sites for hydroxylation is 1. The Morgan fingerprint density at radius 3 is 2.79 bits per heavy atom. The van der Waals surface area contributed by atoms with Gasteiger partial charge in [0.05, 0.1) is 0 Å². The average molecular weight is 465 g/mol. The second-order valence-electron chi connectivity index (χ2n) is 4.63. The van der Waals surface area contributed by atoms with Crippen LogP contribution in [0.1, 0.15) is 18.6 Å². The van der Waals surface area contributed by atoms with Crippen molar-refractivity contribution in [3.8, 4) is 0 Å². The molecule has 24 heavy (non-hydrogen) atoms. The van der Waals surface area contributed by atoms with Crippen LogP contribution in [-0.4, -0.2) is 34.9 Å². The molecule has 1 aromatic carbocycles. The molecule has 0 aliphatic rings. The molecule has 0 fully saturated rings. The molecule has 0 aliphatic heterocycles. The van der Waals surface area contributed by atoms with E-state index in [2.05, 4.69) is 25.8 Å². The van der Waals surface area contributed by atoms with Gasteiger partial charge >= 0.3 is 0 Å². The van der Waals surface area contributed by atoms with Crippen LogP contribution in [0, 0.1) is 12.7 Å². The van der Waals surface area contributed by atoms with Crippen LogP contribution in [0.25, 0.3) is 0 Å². The van der Waals surface area contributed by atoms with E-state index in [1.54, 1.807) is 19.1 Å². The summed E-state index contributed by atoms with van der Waals surface area (Å²) in [7, 11) is 0. The Hall–Kier alpha value is -1.36. The number of guanidine groups is 1. The maximum Gasteiger partial charge on any atom is 0.223 e. The molecule has 0 saturated carbocycles. The number of aliphatic imine (C=N–C) groups is 1. The molecule has 0 unspecified atom stereocenters. The molecule has 1 aromatic heterocycles. The molecule has 0 aliphatic carbocycles. The number of rotatable bonds is 7. The van der Waals surface area contributed by atoms with E-state index in [0.717, 1.165) is 12.3 Å². The highest BCUT2D eigenvalue weighted by Gasteiger charge is 2.04. The van der Waals surface area contributed by atoms with Gasteiger partial charge in [-0.05, 0) is 19.1 Å². The summed E-state index contributed by atoms with van der Waals surface area (Å²) >= 11 is 1.46. The third-order valence-corrected chi connectivity index (χ3v) is 3.83. The number of hydrogen-bond acceptors (Lipinski definition) is 5. The monoisotopic (exact) mass is 465 g/mol. The predicted molar refractivity (Wildman–Crippen MR) is 104 cm³/mol. The van der Waals surface area contributed by atoms with E-state index in [1.807, 2.05) is 13.0 Å². The van der Waals surface area contributed by atoms with Crippen LogP contribution in [0.2, 0.25) is 0 Å². The van der Waals surface area contributed by atoms with Crippen LogP contribution in [0.3, 0.4) is 0 Å². The van der Waals surface area contributed by atoms with Crippen molar-refractivity contribution in [3.05, 3.63) is 41.8 Å². The Balaban J connectivity index is 0.00000288. The molecule has 0 atom stereocenters. The summed E-state index contributed by atoms with van der Waals surface area (Å²) in [5, 5.41) is 10.1. The fraction of sp³-hybridized carbons (Fsp3) is 0.400. The van der Waals surface area contributed by atoms with E-state index in [1.165, 1.54) is 17.8 Å². The number of thioether (sulfide) groups is 1. The summed E-state index contributed by atoms with van der Waals surface area (Å²) in [6.07, 6.45) is 0. The standard InChI is InChI=1S/C15H20FN5OS.HI/c1-3-17-15(19-10-14-20-11(2)22-21-14)18-8-9-23-13-7-5-4-6-12(13)16;/h4-7H,3,8-10H2,1-2H3,(H2,17,18,19);1H. The summed E-state index contributed by atoms with van der Waals surface area (Å²) < 4.78 is 18.4. The highest BCUT2D eigenvalue weighted by molar-refractivity contribution is 14.0. The van der Waals surface area contributed by atoms with Crippen molar-refractivity contribution in [2.45, 2.75) is 25.3 Å². The fourth-order valence-electron chi connectivity index (χ4n) is 1.79. The summed E-state index contributed by atoms with van der Waals surface area (Å²) in [5.74, 6) is 2.27. The molecule has 0 spiro atoms. The van der Waals surface area contributed by atoms with Crippen molar-refractivity contribution in [1.29, 1.82) is 0 Å². The van der Waals surface area contributed by atoms with Crippen LogP contribution < -0.4 is 10.6 Å². The van der Waals surface area contributed by atoms with Crippen molar-refractivity contribution in [3.63, 3.8) is 0 Å². The van der Waals surface area contributed by atoms with Gasteiger partial charge in [0.25, 0.3) is 0 Å². The minimum absolute atomic E-state index is 0. The lowest BCUT2D eigenvalue weighted by molar-refractivity contribution is 0.387. The number of benzene rings is 1. The SMILES string of the molecule is CCNC(=NCc1noc(C)n1)NCCSc1ccccc1F.I. The lowest BCUT2D eigenvalue weighted by Crippen LogP contribution is -2.38. The summed E-state index contributed by atoms with van der Waals surface area (Å²) in [4.78, 5) is 9.14. The molecule has 0 radical (unpaired) electrons. The summed E-state index contributed by atoms with van der Waals surface area (Å²) in [6.45, 7) is 5.48. The zero-order chi connectivity index (χ0) is 16.5. The van der Waals surface area contributed by atoms with Gasteiger partial charge in [-0.3, -0.25) is 0 Å². The molecular formula is C15H21FIN5OS. The zero-order valence-corrected chi connectivity index (χ0v) is 16.7. The molecule has 0 amide bonds. The first-order valence-corrected chi connectivity index (χ1v) is 8.36. The Kier molecular flexibility index (Phi) is 9.69. The Morgan fingerprint density at radius 2 is 2.12 bits per heavy atom. The van der Waals surface area contributed by atoms with Crippen molar-refractivity contribution >= 4 is 41.7 Å². The van der Waals surface area contributed by atoms with E-state index < -0.39 is 0 Å². The van der Waals surface area contributed by atoms with E-state index in [9.17, 15) is 4.39 Å². The second kappa shape index (κ2) is 11.2. The Morgan fingerprint density at radius 1 is 1.33 bits per heavy atom. The van der Waals surface area contributed by atoms with Gasteiger partial charge in [-0.15, -0.1) is 35.7 Å². The molecule has 132 valence electrons. The molecule has 0 saturated heterocycles. The number of nitrogens with zero attached hydrogens (tertiary/aromatic N) is 3. The van der Waals surface area contributed by atoms with Gasteiger partial charge in [0, 0.05) is 30.7 Å². The van der Waals surface area contributed by atoms with Crippen LogP contribution >= 0.6 is 35.7 Å². The van der Waals surface area contributed by atoms with Gasteiger partial charge in [0.2, 0.25) is 5.89 Å². The normalized spacial score (nSPS) is 11.0. The van der Waals surface area contributed by atoms with Gasteiger partial charge in [-0.1, -0.05) is 17.3 Å². The molecule has 9 heteroatoms. The maximum absolute atomic E-state index is 13.5. The lowest BCUT2D eigenvalue weighted by Gasteiger charge is -2.10. The fourth-order valence-corrected chi connectivity index (χ4v) is 2.59. The van der Waals surface area contributed by atoms with E-state index in [4.69, 9.17) is 4.52 Å². The predicted octanol–water partition coefficient (Wildman–Crippen LogP) is 2.98. The molecule has 2 rings (SSSR count). The van der Waals surface area contributed by atoms with Crippen LogP contribution in [0.5, 0.6) is 0 Å². The number of halogens is 2. The van der Waals surface area contributed by atoms with Gasteiger partial charge in [0.15, 0.2) is 11.8 Å². The molecule has 0 bridgehead atoms. The average Bonchev–Trinajstić information content (AvgIpc) is 2.96. The topological polar surface area (TPSA) is 75.3 Å². The first-order valence-electron chi connectivity index (χ1n) is 7.37. The zero-order valence-electron chi connectivity index (χ0n) is 13.6. The van der Waals surface area contributed by atoms with Gasteiger partial charge in [-0.25, -0.2) is 9.38 Å². The minimum atomic E-state index is -0.189. The van der Waals surface area contributed by atoms with Crippen molar-refractivity contribution in [2.24, 2.45) is 4.99 Å². The quantitative estimate of drug-likeness (QED) is 0.215. The molecule has 6 nitrogen and oxygen atoms in total. The van der Waals surface area contributed by atoms with Gasteiger partial charge in [-0.2, -0.15) is 4.98 Å². The third-order valence-electron chi connectivity index (χ3n) is 2.78. The van der Waals surface area contributed by atoms with Crippen molar-refractivity contribution in [1.82, 2.24) is 20.8 Å². The molecule has 2 aromatic rings. The maximum atomic E-state index is 13.5. The molecule has 1 heterocycles. The van der Waals surface area contributed by atoms with Crippen LogP contribution in [0.15, 0.2) is 38.7 Å². The summed E-state index contributed by atoms with van der Waals surface area (Å²) in [5.41, 5.74) is 0. The number of nitrogens with one attached hydrogen (secondary N) is 2. The van der Waals surface area contributed by atoms with E-state index >= 15 is 0 Å². The lowest BCUT2D eigenvalue weighted by atomic mass is 10.3. The summed E-state index contributed by atoms with van der Waals surface area (Å²) in [6, 6.07) is 6.76. The second-order valence-corrected chi connectivity index (χ2v) is 5.77. The third kappa shape index (κ3) is 7.04. The van der Waals surface area contributed by atoms with Crippen molar-refractivity contribution in [2.75, 3.05) is 18.8 Å². The van der Waals surface area contributed by atoms with Crippen molar-refractivity contribution < 1.29 is 8.91 Å². The highest BCUT2D eigenvalue weighted by atomic mass is 127. The van der Waals surface area contributed by atoms with Crippen LogP contribution in [-0.2, 0) is 6.54 Å². The van der Waals surface area contributed by atoms with E-state index in [0.29, 0.717) is 35.7 Å². The van der Waals surface area contributed by atoms with Gasteiger partial charge in [0.1, 0.15) is 12.4 Å². The first-order chi connectivity index (χ1) is 11.2. The Bertz CT molecular complexity index is 652. The Labute approximate surface area is 162 Å². The smallest absolute Gasteiger partial charge is 0.223 e. The first kappa shape index (κ1) is 20.7. The highest BCUT2D eigenvalue weighted by Crippen LogP contribution is 2.20. The number of aromatic nitrogens is 2. The minimum Gasteiger partial charge on any atom is -0.357 e. The molecular weight excluding hydrogens is 444 g/mol.